The van der Waals surface area contributed by atoms with Crippen molar-refractivity contribution in [1.29, 1.82) is 0 Å². The third-order valence-corrected chi connectivity index (χ3v) is 6.14. The SMILES string of the molecule is CC(C)c1c(C2CCC(C(=O)O)CC2)c2c(F)cccc2n1-c1ccc(F)cc1. The van der Waals surface area contributed by atoms with Crippen LogP contribution in [0.3, 0.4) is 0 Å². The lowest BCUT2D eigenvalue weighted by Gasteiger charge is -2.28. The van der Waals surface area contributed by atoms with Crippen molar-refractivity contribution in [2.75, 3.05) is 0 Å². The highest BCUT2D eigenvalue weighted by molar-refractivity contribution is 5.89. The van der Waals surface area contributed by atoms with Gasteiger partial charge in [0.25, 0.3) is 0 Å². The number of aliphatic carboxylic acids is 1. The first kappa shape index (κ1) is 19.6. The molecule has 3 aromatic rings. The van der Waals surface area contributed by atoms with Gasteiger partial charge in [-0.2, -0.15) is 0 Å². The standard InChI is InChI=1S/C24H25F2NO2/c1-14(2)23-21(15-6-8-16(9-7-15)24(28)29)22-19(26)4-3-5-20(22)27(23)18-12-10-17(25)11-13-18/h3-5,10-16H,6-9H2,1-2H3,(H,28,29). The molecular weight excluding hydrogens is 372 g/mol. The fourth-order valence-electron chi connectivity index (χ4n) is 4.82. The van der Waals surface area contributed by atoms with Crippen LogP contribution in [0.1, 0.15) is 62.6 Å². The lowest BCUT2D eigenvalue weighted by Crippen LogP contribution is -2.21. The van der Waals surface area contributed by atoms with Crippen LogP contribution in [0.2, 0.25) is 0 Å². The number of hydrogen-bond acceptors (Lipinski definition) is 1. The molecule has 0 saturated heterocycles. The third-order valence-electron chi connectivity index (χ3n) is 6.14. The van der Waals surface area contributed by atoms with Gasteiger partial charge in [-0.25, -0.2) is 8.78 Å². The Balaban J connectivity index is 1.93. The number of rotatable bonds is 4. The van der Waals surface area contributed by atoms with Crippen molar-refractivity contribution in [3.63, 3.8) is 0 Å². The summed E-state index contributed by atoms with van der Waals surface area (Å²) >= 11 is 0. The predicted molar refractivity (Wildman–Crippen MR) is 110 cm³/mol. The van der Waals surface area contributed by atoms with Gasteiger partial charge in [0.15, 0.2) is 0 Å². The Hall–Kier alpha value is -2.69. The monoisotopic (exact) mass is 397 g/mol. The third kappa shape index (κ3) is 3.43. The normalized spacial score (nSPS) is 19.8. The van der Waals surface area contributed by atoms with Gasteiger partial charge in [0.2, 0.25) is 0 Å². The minimum atomic E-state index is -0.743. The van der Waals surface area contributed by atoms with E-state index in [2.05, 4.69) is 13.8 Å². The van der Waals surface area contributed by atoms with Crippen LogP contribution < -0.4 is 0 Å². The van der Waals surface area contributed by atoms with Crippen molar-refractivity contribution in [2.45, 2.75) is 51.4 Å². The predicted octanol–water partition coefficient (Wildman–Crippen LogP) is 6.39. The lowest BCUT2D eigenvalue weighted by molar-refractivity contribution is -0.142. The van der Waals surface area contributed by atoms with Crippen molar-refractivity contribution >= 4 is 16.9 Å². The van der Waals surface area contributed by atoms with Gasteiger partial charge in [-0.15, -0.1) is 0 Å². The molecule has 0 aliphatic heterocycles. The Labute approximate surface area is 169 Å². The highest BCUT2D eigenvalue weighted by Gasteiger charge is 2.32. The number of benzene rings is 2. The second-order valence-corrected chi connectivity index (χ2v) is 8.29. The molecule has 0 amide bonds. The number of carboxylic acid groups (broad SMARTS) is 1. The van der Waals surface area contributed by atoms with Crippen molar-refractivity contribution in [3.8, 4) is 5.69 Å². The number of hydrogen-bond donors (Lipinski definition) is 1. The van der Waals surface area contributed by atoms with E-state index in [4.69, 9.17) is 0 Å². The summed E-state index contributed by atoms with van der Waals surface area (Å²) in [6.07, 6.45) is 2.67. The quantitative estimate of drug-likeness (QED) is 0.554. The average molecular weight is 397 g/mol. The zero-order chi connectivity index (χ0) is 20.7. The number of fused-ring (bicyclic) bond motifs is 1. The lowest BCUT2D eigenvalue weighted by atomic mass is 9.77. The molecule has 1 fully saturated rings. The van der Waals surface area contributed by atoms with E-state index in [0.717, 1.165) is 35.3 Å². The fraction of sp³-hybridized carbons (Fsp3) is 0.375. The molecule has 4 rings (SSSR count). The van der Waals surface area contributed by atoms with Crippen LogP contribution in [0.4, 0.5) is 8.78 Å². The average Bonchev–Trinajstić information content (AvgIpc) is 3.05. The first-order valence-corrected chi connectivity index (χ1v) is 10.2. The molecule has 0 radical (unpaired) electrons. The smallest absolute Gasteiger partial charge is 0.306 e. The van der Waals surface area contributed by atoms with E-state index in [1.165, 1.54) is 18.2 Å². The van der Waals surface area contributed by atoms with Gasteiger partial charge >= 0.3 is 5.97 Å². The number of aromatic nitrogens is 1. The zero-order valence-electron chi connectivity index (χ0n) is 16.7. The maximum absolute atomic E-state index is 15.1. The summed E-state index contributed by atoms with van der Waals surface area (Å²) in [7, 11) is 0. The van der Waals surface area contributed by atoms with Gasteiger partial charge in [0.1, 0.15) is 11.6 Å². The van der Waals surface area contributed by atoms with E-state index in [1.54, 1.807) is 18.2 Å². The molecule has 2 aromatic carbocycles. The molecule has 1 aliphatic carbocycles. The van der Waals surface area contributed by atoms with Gasteiger partial charge in [0, 0.05) is 16.8 Å². The number of carbonyl (C=O) groups is 1. The van der Waals surface area contributed by atoms with E-state index in [1.807, 2.05) is 10.6 Å². The van der Waals surface area contributed by atoms with Crippen molar-refractivity contribution in [1.82, 2.24) is 4.57 Å². The first-order chi connectivity index (χ1) is 13.9. The summed E-state index contributed by atoms with van der Waals surface area (Å²) in [5.41, 5.74) is 3.59. The minimum Gasteiger partial charge on any atom is -0.481 e. The molecule has 0 unspecified atom stereocenters. The summed E-state index contributed by atoms with van der Waals surface area (Å²) in [5.74, 6) is -1.39. The first-order valence-electron chi connectivity index (χ1n) is 10.2. The number of carboxylic acids is 1. The summed E-state index contributed by atoms with van der Waals surface area (Å²) in [6, 6.07) is 11.4. The molecule has 0 atom stereocenters. The topological polar surface area (TPSA) is 42.2 Å². The summed E-state index contributed by atoms with van der Waals surface area (Å²) in [6.45, 7) is 4.16. The van der Waals surface area contributed by atoms with Crippen LogP contribution in [0.15, 0.2) is 42.5 Å². The van der Waals surface area contributed by atoms with Gasteiger partial charge in [-0.3, -0.25) is 4.79 Å². The van der Waals surface area contributed by atoms with Crippen molar-refractivity contribution < 1.29 is 18.7 Å². The van der Waals surface area contributed by atoms with E-state index < -0.39 is 5.97 Å². The Bertz CT molecular complexity index is 1040. The van der Waals surface area contributed by atoms with Gasteiger partial charge in [-0.05, 0) is 79.5 Å². The molecule has 152 valence electrons. The van der Waals surface area contributed by atoms with E-state index >= 15 is 4.39 Å². The molecular formula is C24H25F2NO2. The number of halogens is 2. The van der Waals surface area contributed by atoms with Crippen LogP contribution in [0.25, 0.3) is 16.6 Å². The Morgan fingerprint density at radius 2 is 1.69 bits per heavy atom. The molecule has 1 saturated carbocycles. The van der Waals surface area contributed by atoms with Crippen molar-refractivity contribution in [3.05, 3.63) is 65.4 Å². The van der Waals surface area contributed by atoms with Gasteiger partial charge in [0.05, 0.1) is 11.4 Å². The largest absolute Gasteiger partial charge is 0.481 e. The highest BCUT2D eigenvalue weighted by Crippen LogP contribution is 2.45. The molecule has 5 heteroatoms. The maximum Gasteiger partial charge on any atom is 0.306 e. The minimum absolute atomic E-state index is 0.115. The summed E-state index contributed by atoms with van der Waals surface area (Å²) < 4.78 is 30.6. The molecule has 0 bridgehead atoms. The summed E-state index contributed by atoms with van der Waals surface area (Å²) in [5, 5.41) is 9.94. The molecule has 29 heavy (non-hydrogen) atoms. The van der Waals surface area contributed by atoms with E-state index in [9.17, 15) is 14.3 Å². The molecule has 1 N–H and O–H groups in total. The fourth-order valence-corrected chi connectivity index (χ4v) is 4.82. The second kappa shape index (κ2) is 7.62. The molecule has 3 nitrogen and oxygen atoms in total. The molecule has 0 spiro atoms. The van der Waals surface area contributed by atoms with E-state index in [-0.39, 0.29) is 29.4 Å². The Kier molecular flexibility index (Phi) is 5.15. The maximum atomic E-state index is 15.1. The van der Waals surface area contributed by atoms with Crippen LogP contribution in [0.5, 0.6) is 0 Å². The summed E-state index contributed by atoms with van der Waals surface area (Å²) in [4.78, 5) is 11.4. The molecule has 1 heterocycles. The van der Waals surface area contributed by atoms with Crippen LogP contribution in [-0.4, -0.2) is 15.6 Å². The molecule has 1 aromatic heterocycles. The van der Waals surface area contributed by atoms with Crippen LogP contribution in [-0.2, 0) is 4.79 Å². The van der Waals surface area contributed by atoms with Gasteiger partial charge in [-0.1, -0.05) is 19.9 Å². The Morgan fingerprint density at radius 1 is 1.03 bits per heavy atom. The van der Waals surface area contributed by atoms with E-state index in [0.29, 0.717) is 18.2 Å². The zero-order valence-corrected chi connectivity index (χ0v) is 16.7. The number of nitrogens with zero attached hydrogens (tertiary/aromatic N) is 1. The highest BCUT2D eigenvalue weighted by atomic mass is 19.1. The second-order valence-electron chi connectivity index (χ2n) is 8.29. The van der Waals surface area contributed by atoms with Crippen LogP contribution in [0, 0.1) is 17.6 Å². The van der Waals surface area contributed by atoms with Crippen LogP contribution >= 0.6 is 0 Å². The Morgan fingerprint density at radius 3 is 2.28 bits per heavy atom. The van der Waals surface area contributed by atoms with Gasteiger partial charge < -0.3 is 9.67 Å². The molecule has 1 aliphatic rings. The van der Waals surface area contributed by atoms with Crippen molar-refractivity contribution in [2.24, 2.45) is 5.92 Å².